The van der Waals surface area contributed by atoms with Crippen molar-refractivity contribution in [1.82, 2.24) is 4.90 Å². The summed E-state index contributed by atoms with van der Waals surface area (Å²) < 4.78 is 0.947. The van der Waals surface area contributed by atoms with Gasteiger partial charge >= 0.3 is 5.97 Å². The van der Waals surface area contributed by atoms with Crippen molar-refractivity contribution in [2.75, 3.05) is 25.0 Å². The quantitative estimate of drug-likeness (QED) is 0.894. The first kappa shape index (κ1) is 13.9. The van der Waals surface area contributed by atoms with E-state index in [0.29, 0.717) is 6.54 Å². The molecular formula is C13H15BrN2O3. The van der Waals surface area contributed by atoms with Gasteiger partial charge in [0.25, 0.3) is 0 Å². The molecule has 1 aliphatic rings. The molecule has 1 aliphatic heterocycles. The molecule has 0 bridgehead atoms. The van der Waals surface area contributed by atoms with Crippen LogP contribution in [-0.2, 0) is 9.59 Å². The zero-order chi connectivity index (χ0) is 14.2. The molecule has 1 amide bonds. The second-order valence-electron chi connectivity index (χ2n) is 4.67. The number of halogens is 1. The maximum Gasteiger partial charge on any atom is 0.328 e. The number of aryl methyl sites for hydroxylation is 1. The highest BCUT2D eigenvalue weighted by Crippen LogP contribution is 2.25. The number of amides is 1. The first-order chi connectivity index (χ1) is 8.90. The summed E-state index contributed by atoms with van der Waals surface area (Å²) in [6.45, 7) is 2.48. The van der Waals surface area contributed by atoms with E-state index in [4.69, 9.17) is 5.11 Å². The lowest BCUT2D eigenvalue weighted by atomic mass is 10.1. The number of likely N-dealkylation sites (N-methyl/N-ethyl adjacent to an activating group) is 1. The van der Waals surface area contributed by atoms with Gasteiger partial charge < -0.3 is 14.9 Å². The highest BCUT2D eigenvalue weighted by molar-refractivity contribution is 9.10. The van der Waals surface area contributed by atoms with Crippen molar-refractivity contribution in [2.45, 2.75) is 13.0 Å². The Kier molecular flexibility index (Phi) is 3.80. The van der Waals surface area contributed by atoms with Crippen molar-refractivity contribution < 1.29 is 14.7 Å². The van der Waals surface area contributed by atoms with E-state index in [0.717, 1.165) is 15.7 Å². The minimum absolute atomic E-state index is 0.185. The van der Waals surface area contributed by atoms with E-state index in [-0.39, 0.29) is 12.5 Å². The minimum Gasteiger partial charge on any atom is -0.480 e. The highest BCUT2D eigenvalue weighted by Gasteiger charge is 2.34. The molecule has 1 saturated heterocycles. The van der Waals surface area contributed by atoms with Crippen LogP contribution in [0.1, 0.15) is 5.56 Å². The van der Waals surface area contributed by atoms with E-state index < -0.39 is 12.0 Å². The summed E-state index contributed by atoms with van der Waals surface area (Å²) in [4.78, 5) is 26.1. The van der Waals surface area contributed by atoms with Crippen molar-refractivity contribution >= 4 is 33.5 Å². The molecule has 19 heavy (non-hydrogen) atoms. The Morgan fingerprint density at radius 2 is 2.16 bits per heavy atom. The summed E-state index contributed by atoms with van der Waals surface area (Å²) in [7, 11) is 1.53. The number of piperazine rings is 1. The van der Waals surface area contributed by atoms with Gasteiger partial charge in [0.2, 0.25) is 5.91 Å². The number of carbonyl (C=O) groups is 2. The third-order valence-electron chi connectivity index (χ3n) is 3.39. The van der Waals surface area contributed by atoms with Gasteiger partial charge in [0.05, 0.1) is 6.54 Å². The maximum absolute atomic E-state index is 11.9. The van der Waals surface area contributed by atoms with Gasteiger partial charge in [-0.15, -0.1) is 0 Å². The fraction of sp³-hybridized carbons (Fsp3) is 0.385. The van der Waals surface area contributed by atoms with Crippen LogP contribution in [0.15, 0.2) is 22.7 Å². The summed E-state index contributed by atoms with van der Waals surface area (Å²) in [5, 5.41) is 9.16. The van der Waals surface area contributed by atoms with Crippen LogP contribution < -0.4 is 4.90 Å². The third kappa shape index (κ3) is 2.73. The first-order valence-corrected chi connectivity index (χ1v) is 6.69. The molecule has 1 N–H and O–H groups in total. The Hall–Kier alpha value is -1.56. The standard InChI is InChI=1S/C13H15BrN2O3/c1-8-3-4-9(5-10(8)14)16-6-11(13(18)19)15(2)12(17)7-16/h3-5,11H,6-7H2,1-2H3,(H,18,19). The molecule has 0 radical (unpaired) electrons. The fourth-order valence-corrected chi connectivity index (χ4v) is 2.43. The van der Waals surface area contributed by atoms with Gasteiger partial charge in [-0.3, -0.25) is 4.79 Å². The smallest absolute Gasteiger partial charge is 0.328 e. The Labute approximate surface area is 119 Å². The van der Waals surface area contributed by atoms with Gasteiger partial charge in [-0.05, 0) is 24.6 Å². The van der Waals surface area contributed by atoms with Crippen LogP contribution in [0, 0.1) is 6.92 Å². The van der Waals surface area contributed by atoms with E-state index in [1.165, 1.54) is 11.9 Å². The van der Waals surface area contributed by atoms with Crippen LogP contribution in [0.25, 0.3) is 0 Å². The summed E-state index contributed by atoms with van der Waals surface area (Å²) in [6.07, 6.45) is 0. The lowest BCUT2D eigenvalue weighted by molar-refractivity contribution is -0.149. The number of carbonyl (C=O) groups excluding carboxylic acids is 1. The lowest BCUT2D eigenvalue weighted by Gasteiger charge is -2.38. The van der Waals surface area contributed by atoms with Crippen LogP contribution >= 0.6 is 15.9 Å². The van der Waals surface area contributed by atoms with Gasteiger partial charge in [-0.2, -0.15) is 0 Å². The number of anilines is 1. The fourth-order valence-electron chi connectivity index (χ4n) is 2.06. The molecule has 6 heteroatoms. The molecule has 1 aromatic carbocycles. The summed E-state index contributed by atoms with van der Waals surface area (Å²) in [5.41, 5.74) is 1.95. The number of rotatable bonds is 2. The van der Waals surface area contributed by atoms with E-state index >= 15 is 0 Å². The van der Waals surface area contributed by atoms with Crippen LogP contribution in [0.5, 0.6) is 0 Å². The number of aliphatic carboxylic acids is 1. The number of carboxylic acids is 1. The van der Waals surface area contributed by atoms with Gasteiger partial charge in [-0.1, -0.05) is 22.0 Å². The molecule has 0 spiro atoms. The maximum atomic E-state index is 11.9. The number of benzene rings is 1. The number of nitrogens with zero attached hydrogens (tertiary/aromatic N) is 2. The molecule has 1 heterocycles. The second kappa shape index (κ2) is 5.21. The SMILES string of the molecule is Cc1ccc(N2CC(=O)N(C)C(C(=O)O)C2)cc1Br. The van der Waals surface area contributed by atoms with Crippen molar-refractivity contribution in [1.29, 1.82) is 0 Å². The third-order valence-corrected chi connectivity index (χ3v) is 4.24. The monoisotopic (exact) mass is 326 g/mol. The first-order valence-electron chi connectivity index (χ1n) is 5.89. The largest absolute Gasteiger partial charge is 0.480 e. The number of hydrogen-bond acceptors (Lipinski definition) is 3. The highest BCUT2D eigenvalue weighted by atomic mass is 79.9. The molecule has 5 nitrogen and oxygen atoms in total. The lowest BCUT2D eigenvalue weighted by Crippen LogP contribution is -2.58. The van der Waals surface area contributed by atoms with Crippen LogP contribution in [0.4, 0.5) is 5.69 Å². The minimum atomic E-state index is -0.980. The van der Waals surface area contributed by atoms with Crippen LogP contribution in [0.3, 0.4) is 0 Å². The Morgan fingerprint density at radius 1 is 1.47 bits per heavy atom. The number of carboxylic acid groups (broad SMARTS) is 1. The Morgan fingerprint density at radius 3 is 2.74 bits per heavy atom. The van der Waals surface area contributed by atoms with E-state index in [1.807, 2.05) is 25.1 Å². The van der Waals surface area contributed by atoms with Gasteiger partial charge in [0.1, 0.15) is 6.04 Å². The van der Waals surface area contributed by atoms with Gasteiger partial charge in [0.15, 0.2) is 0 Å². The molecule has 102 valence electrons. The Balaban J connectivity index is 2.27. The molecule has 1 atom stereocenters. The molecular weight excluding hydrogens is 312 g/mol. The molecule has 0 aromatic heterocycles. The van der Waals surface area contributed by atoms with Gasteiger partial charge in [-0.25, -0.2) is 4.79 Å². The summed E-state index contributed by atoms with van der Waals surface area (Å²) in [5.74, 6) is -1.16. The van der Waals surface area contributed by atoms with Crippen LogP contribution in [0.2, 0.25) is 0 Å². The molecule has 1 unspecified atom stereocenters. The predicted molar refractivity (Wildman–Crippen MR) is 75.3 cm³/mol. The summed E-state index contributed by atoms with van der Waals surface area (Å²) in [6, 6.07) is 4.95. The molecule has 1 aromatic rings. The van der Waals surface area contributed by atoms with Crippen molar-refractivity contribution in [2.24, 2.45) is 0 Å². The topological polar surface area (TPSA) is 60.9 Å². The average molecular weight is 327 g/mol. The predicted octanol–water partition coefficient (Wildman–Crippen LogP) is 1.49. The van der Waals surface area contributed by atoms with E-state index in [1.54, 1.807) is 4.90 Å². The zero-order valence-electron chi connectivity index (χ0n) is 10.8. The molecule has 1 fully saturated rings. The average Bonchev–Trinajstić information content (AvgIpc) is 2.35. The molecule has 0 aliphatic carbocycles. The van der Waals surface area contributed by atoms with Crippen LogP contribution in [-0.4, -0.2) is 48.1 Å². The zero-order valence-corrected chi connectivity index (χ0v) is 12.3. The van der Waals surface area contributed by atoms with Crippen molar-refractivity contribution in [3.63, 3.8) is 0 Å². The van der Waals surface area contributed by atoms with Gasteiger partial charge in [0, 0.05) is 23.8 Å². The Bertz CT molecular complexity index is 533. The number of hydrogen-bond donors (Lipinski definition) is 1. The van der Waals surface area contributed by atoms with E-state index in [9.17, 15) is 9.59 Å². The summed E-state index contributed by atoms with van der Waals surface area (Å²) >= 11 is 3.45. The van der Waals surface area contributed by atoms with Crippen molar-refractivity contribution in [3.05, 3.63) is 28.2 Å². The van der Waals surface area contributed by atoms with E-state index in [2.05, 4.69) is 15.9 Å². The molecule has 2 rings (SSSR count). The second-order valence-corrected chi connectivity index (χ2v) is 5.53. The molecule has 0 saturated carbocycles. The van der Waals surface area contributed by atoms with Crippen molar-refractivity contribution in [3.8, 4) is 0 Å². The normalized spacial score (nSPS) is 19.7.